The summed E-state index contributed by atoms with van der Waals surface area (Å²) in [6, 6.07) is 7.18. The molecule has 10 heteroatoms. The first-order valence-corrected chi connectivity index (χ1v) is 11.0. The first kappa shape index (κ1) is 24.0. The number of nitrogens with zero attached hydrogens (tertiary/aromatic N) is 4. The minimum absolute atomic E-state index is 0.0872. The zero-order chi connectivity index (χ0) is 23.6. The molecule has 1 fully saturated rings. The lowest BCUT2D eigenvalue weighted by atomic mass is 10.2. The molecule has 0 atom stereocenters. The van der Waals surface area contributed by atoms with Gasteiger partial charge in [0.2, 0.25) is 5.91 Å². The Morgan fingerprint density at radius 1 is 1.12 bits per heavy atom. The third kappa shape index (κ3) is 6.64. The molecule has 1 aromatic heterocycles. The van der Waals surface area contributed by atoms with Crippen molar-refractivity contribution < 1.29 is 19.1 Å². The fourth-order valence-electron chi connectivity index (χ4n) is 3.36. The molecule has 33 heavy (non-hydrogen) atoms. The Hall–Kier alpha value is -3.69. The van der Waals surface area contributed by atoms with Gasteiger partial charge in [-0.15, -0.1) is 16.8 Å². The van der Waals surface area contributed by atoms with Crippen LogP contribution in [0.25, 0.3) is 11.4 Å². The molecular weight excluding hydrogens is 426 g/mol. The van der Waals surface area contributed by atoms with Gasteiger partial charge in [-0.25, -0.2) is 4.79 Å². The second kappa shape index (κ2) is 11.8. The molecule has 2 amide bonds. The van der Waals surface area contributed by atoms with E-state index in [9.17, 15) is 14.4 Å². The number of H-pyrrole nitrogens is 1. The summed E-state index contributed by atoms with van der Waals surface area (Å²) in [4.78, 5) is 42.7. The van der Waals surface area contributed by atoms with Gasteiger partial charge in [-0.1, -0.05) is 6.08 Å². The normalized spacial score (nSPS) is 13.5. The zero-order valence-electron chi connectivity index (χ0n) is 18.8. The van der Waals surface area contributed by atoms with Gasteiger partial charge in [0.05, 0.1) is 13.2 Å². The summed E-state index contributed by atoms with van der Waals surface area (Å²) in [5, 5.41) is 8.14. The van der Waals surface area contributed by atoms with Crippen LogP contribution in [0.5, 0.6) is 5.75 Å². The smallest absolute Gasteiger partial charge is 0.409 e. The summed E-state index contributed by atoms with van der Waals surface area (Å²) >= 11 is 0. The van der Waals surface area contributed by atoms with Crippen LogP contribution < -0.4 is 10.3 Å². The molecular formula is C23H29N5O5. The molecule has 0 unspecified atom stereocenters. The number of benzene rings is 1. The Labute approximate surface area is 192 Å². The highest BCUT2D eigenvalue weighted by Gasteiger charge is 2.24. The average molecular weight is 456 g/mol. The molecule has 0 aliphatic carbocycles. The van der Waals surface area contributed by atoms with Gasteiger partial charge in [0, 0.05) is 44.6 Å². The molecule has 1 aromatic carbocycles. The van der Waals surface area contributed by atoms with Gasteiger partial charge in [-0.05, 0) is 37.6 Å². The third-order valence-corrected chi connectivity index (χ3v) is 5.22. The van der Waals surface area contributed by atoms with Crippen molar-refractivity contribution in [3.8, 4) is 17.1 Å². The number of amides is 2. The van der Waals surface area contributed by atoms with Gasteiger partial charge in [-0.2, -0.15) is 0 Å². The largest absolute Gasteiger partial charge is 0.493 e. The molecule has 2 aromatic rings. The molecule has 1 saturated heterocycles. The summed E-state index contributed by atoms with van der Waals surface area (Å²) in [6.07, 6.45) is 2.52. The molecule has 1 N–H and O–H groups in total. The van der Waals surface area contributed by atoms with E-state index in [1.165, 1.54) is 0 Å². The van der Waals surface area contributed by atoms with Crippen molar-refractivity contribution in [1.29, 1.82) is 0 Å². The minimum atomic E-state index is -0.369. The number of aromatic nitrogens is 3. The summed E-state index contributed by atoms with van der Waals surface area (Å²) in [6.45, 7) is 8.01. The highest BCUT2D eigenvalue weighted by Crippen LogP contribution is 2.18. The highest BCUT2D eigenvalue weighted by molar-refractivity contribution is 5.77. The fraction of sp³-hybridized carbons (Fsp3) is 0.435. The lowest BCUT2D eigenvalue weighted by Gasteiger charge is -2.34. The lowest BCUT2D eigenvalue weighted by molar-refractivity contribution is -0.132. The van der Waals surface area contributed by atoms with Gasteiger partial charge in [0.25, 0.3) is 5.56 Å². The zero-order valence-corrected chi connectivity index (χ0v) is 18.8. The van der Waals surface area contributed by atoms with Gasteiger partial charge in [0.15, 0.2) is 5.82 Å². The maximum atomic E-state index is 12.5. The average Bonchev–Trinajstić information content (AvgIpc) is 2.84. The summed E-state index contributed by atoms with van der Waals surface area (Å²) in [7, 11) is 0. The number of aromatic amines is 1. The van der Waals surface area contributed by atoms with Crippen LogP contribution in [-0.4, -0.2) is 76.4 Å². The molecule has 1 aliphatic heterocycles. The SMILES string of the molecule is C=CCCOc1ccc(-c2nnc(CCC(=O)N3CCN(C(=O)OCC)CC3)c(=O)[nH]2)cc1. The molecule has 10 nitrogen and oxygen atoms in total. The van der Waals surface area contributed by atoms with Crippen LogP contribution in [0.2, 0.25) is 0 Å². The van der Waals surface area contributed by atoms with Crippen molar-refractivity contribution in [2.45, 2.75) is 26.2 Å². The summed E-state index contributed by atoms with van der Waals surface area (Å²) in [5.74, 6) is 0.979. The van der Waals surface area contributed by atoms with Crippen LogP contribution >= 0.6 is 0 Å². The second-order valence-electron chi connectivity index (χ2n) is 7.47. The topological polar surface area (TPSA) is 118 Å². The number of hydrogen-bond acceptors (Lipinski definition) is 7. The van der Waals surface area contributed by atoms with E-state index in [4.69, 9.17) is 9.47 Å². The van der Waals surface area contributed by atoms with Crippen molar-refractivity contribution in [2.75, 3.05) is 39.4 Å². The molecule has 0 spiro atoms. The number of carbonyl (C=O) groups is 2. The van der Waals surface area contributed by atoms with E-state index in [0.29, 0.717) is 56.5 Å². The van der Waals surface area contributed by atoms with Gasteiger partial charge in [-0.3, -0.25) is 9.59 Å². The monoisotopic (exact) mass is 455 g/mol. The van der Waals surface area contributed by atoms with Crippen molar-refractivity contribution in [3.05, 3.63) is 53.0 Å². The summed E-state index contributed by atoms with van der Waals surface area (Å²) < 4.78 is 10.6. The van der Waals surface area contributed by atoms with Crippen molar-refractivity contribution in [2.24, 2.45) is 0 Å². The molecule has 2 heterocycles. The Morgan fingerprint density at radius 3 is 2.45 bits per heavy atom. The Morgan fingerprint density at radius 2 is 1.82 bits per heavy atom. The predicted octanol–water partition coefficient (Wildman–Crippen LogP) is 2.02. The summed E-state index contributed by atoms with van der Waals surface area (Å²) in [5.41, 5.74) is 0.547. The van der Waals surface area contributed by atoms with Crippen LogP contribution in [0.4, 0.5) is 4.79 Å². The second-order valence-corrected chi connectivity index (χ2v) is 7.47. The number of ether oxygens (including phenoxy) is 2. The van der Waals surface area contributed by atoms with Crippen molar-refractivity contribution in [3.63, 3.8) is 0 Å². The highest BCUT2D eigenvalue weighted by atomic mass is 16.6. The first-order chi connectivity index (χ1) is 16.0. The van der Waals surface area contributed by atoms with Crippen molar-refractivity contribution >= 4 is 12.0 Å². The lowest BCUT2D eigenvalue weighted by Crippen LogP contribution is -2.50. The fourth-order valence-corrected chi connectivity index (χ4v) is 3.36. The van der Waals surface area contributed by atoms with Crippen LogP contribution in [-0.2, 0) is 16.0 Å². The van der Waals surface area contributed by atoms with Crippen LogP contribution in [0.1, 0.15) is 25.5 Å². The van der Waals surface area contributed by atoms with Crippen LogP contribution in [0.3, 0.4) is 0 Å². The van der Waals surface area contributed by atoms with E-state index in [-0.39, 0.29) is 36.1 Å². The maximum Gasteiger partial charge on any atom is 0.409 e. The molecule has 0 radical (unpaired) electrons. The number of hydrogen-bond donors (Lipinski definition) is 1. The number of carbonyl (C=O) groups excluding carboxylic acids is 2. The van der Waals surface area contributed by atoms with E-state index in [1.807, 2.05) is 0 Å². The molecule has 3 rings (SSSR count). The van der Waals surface area contributed by atoms with Gasteiger partial charge >= 0.3 is 6.09 Å². The van der Waals surface area contributed by atoms with Crippen LogP contribution in [0.15, 0.2) is 41.7 Å². The minimum Gasteiger partial charge on any atom is -0.493 e. The molecule has 1 aliphatic rings. The van der Waals surface area contributed by atoms with Crippen molar-refractivity contribution in [1.82, 2.24) is 25.0 Å². The van der Waals surface area contributed by atoms with Crippen LogP contribution in [0, 0.1) is 0 Å². The number of aryl methyl sites for hydroxylation is 1. The van der Waals surface area contributed by atoms with E-state index in [1.54, 1.807) is 47.1 Å². The number of piperazine rings is 1. The number of nitrogens with one attached hydrogen (secondary N) is 1. The predicted molar refractivity (Wildman–Crippen MR) is 122 cm³/mol. The molecule has 0 bridgehead atoms. The molecule has 176 valence electrons. The van der Waals surface area contributed by atoms with E-state index in [2.05, 4.69) is 21.8 Å². The first-order valence-electron chi connectivity index (χ1n) is 11.0. The quantitative estimate of drug-likeness (QED) is 0.454. The molecule has 0 saturated carbocycles. The standard InChI is InChI=1S/C23H29N5O5/c1-3-5-16-33-18-8-6-17(7-9-18)21-24-22(30)19(25-26-21)10-11-20(29)27-12-14-28(15-13-27)23(31)32-4-2/h3,6-9H,1,4-5,10-16H2,2H3,(H,24,26,30). The Kier molecular flexibility index (Phi) is 8.56. The third-order valence-electron chi connectivity index (χ3n) is 5.22. The van der Waals surface area contributed by atoms with Gasteiger partial charge in [0.1, 0.15) is 11.4 Å². The maximum absolute atomic E-state index is 12.5. The number of rotatable bonds is 9. The Balaban J connectivity index is 1.51. The van der Waals surface area contributed by atoms with E-state index in [0.717, 1.165) is 6.42 Å². The van der Waals surface area contributed by atoms with Gasteiger partial charge < -0.3 is 24.3 Å². The van der Waals surface area contributed by atoms with E-state index >= 15 is 0 Å². The van der Waals surface area contributed by atoms with E-state index < -0.39 is 0 Å². The Bertz CT molecular complexity index is 1010.